The van der Waals surface area contributed by atoms with E-state index < -0.39 is 0 Å². The summed E-state index contributed by atoms with van der Waals surface area (Å²) in [6.45, 7) is 2.10. The van der Waals surface area contributed by atoms with Crippen molar-refractivity contribution in [2.75, 3.05) is 0 Å². The monoisotopic (exact) mass is 205 g/mol. The predicted octanol–water partition coefficient (Wildman–Crippen LogP) is 3.03. The molecule has 1 atom stereocenters. The van der Waals surface area contributed by atoms with Crippen LogP contribution < -0.4 is 10.5 Å². The van der Waals surface area contributed by atoms with E-state index in [0.29, 0.717) is 6.10 Å². The van der Waals surface area contributed by atoms with E-state index in [1.807, 2.05) is 18.2 Å². The van der Waals surface area contributed by atoms with E-state index in [1.54, 1.807) is 0 Å². The third-order valence-electron chi connectivity index (χ3n) is 3.10. The summed E-state index contributed by atoms with van der Waals surface area (Å²) in [4.78, 5) is 0. The molecule has 2 N–H and O–H groups in total. The molecule has 2 rings (SSSR count). The van der Waals surface area contributed by atoms with Crippen molar-refractivity contribution in [2.24, 2.45) is 5.73 Å². The first-order chi connectivity index (χ1) is 7.31. The van der Waals surface area contributed by atoms with Crippen LogP contribution in [0.1, 0.15) is 44.2 Å². The maximum absolute atomic E-state index is 6.05. The summed E-state index contributed by atoms with van der Waals surface area (Å²) in [5, 5.41) is 0. The SMILES string of the molecule is CC[C@H](N)c1ccccc1OC1CCC1. The number of para-hydroxylation sites is 1. The van der Waals surface area contributed by atoms with Gasteiger partial charge in [-0.1, -0.05) is 25.1 Å². The fourth-order valence-corrected chi connectivity index (χ4v) is 1.78. The van der Waals surface area contributed by atoms with Crippen LogP contribution in [0, 0.1) is 0 Å². The zero-order valence-corrected chi connectivity index (χ0v) is 9.28. The average molecular weight is 205 g/mol. The van der Waals surface area contributed by atoms with Crippen LogP contribution in [0.4, 0.5) is 0 Å². The first-order valence-electron chi connectivity index (χ1n) is 5.82. The van der Waals surface area contributed by atoms with Gasteiger partial charge in [-0.05, 0) is 31.7 Å². The zero-order valence-electron chi connectivity index (χ0n) is 9.28. The van der Waals surface area contributed by atoms with Crippen LogP contribution in [-0.2, 0) is 0 Å². The minimum absolute atomic E-state index is 0.0984. The van der Waals surface area contributed by atoms with Crippen molar-refractivity contribution < 1.29 is 4.74 Å². The van der Waals surface area contributed by atoms with Crippen molar-refractivity contribution in [3.05, 3.63) is 29.8 Å². The molecule has 1 fully saturated rings. The van der Waals surface area contributed by atoms with Gasteiger partial charge in [0.05, 0.1) is 6.10 Å². The Hall–Kier alpha value is -1.02. The minimum Gasteiger partial charge on any atom is -0.490 e. The summed E-state index contributed by atoms with van der Waals surface area (Å²) in [6, 6.07) is 8.24. The zero-order chi connectivity index (χ0) is 10.7. The van der Waals surface area contributed by atoms with Gasteiger partial charge in [0.15, 0.2) is 0 Å². The fourth-order valence-electron chi connectivity index (χ4n) is 1.78. The molecule has 0 unspecified atom stereocenters. The van der Waals surface area contributed by atoms with Crippen molar-refractivity contribution in [3.63, 3.8) is 0 Å². The molecule has 2 heteroatoms. The van der Waals surface area contributed by atoms with Gasteiger partial charge in [0.2, 0.25) is 0 Å². The molecule has 1 aromatic rings. The highest BCUT2D eigenvalue weighted by Crippen LogP contribution is 2.30. The molecule has 82 valence electrons. The van der Waals surface area contributed by atoms with Crippen molar-refractivity contribution in [2.45, 2.75) is 44.8 Å². The van der Waals surface area contributed by atoms with E-state index in [1.165, 1.54) is 19.3 Å². The lowest BCUT2D eigenvalue weighted by molar-refractivity contribution is 0.118. The normalized spacial score (nSPS) is 18.3. The van der Waals surface area contributed by atoms with E-state index in [2.05, 4.69) is 13.0 Å². The van der Waals surface area contributed by atoms with Crippen LogP contribution >= 0.6 is 0 Å². The third kappa shape index (κ3) is 2.32. The van der Waals surface area contributed by atoms with Gasteiger partial charge in [-0.15, -0.1) is 0 Å². The lowest BCUT2D eigenvalue weighted by Crippen LogP contribution is -2.25. The molecule has 1 saturated carbocycles. The summed E-state index contributed by atoms with van der Waals surface area (Å²) in [6.07, 6.45) is 5.05. The predicted molar refractivity (Wildman–Crippen MR) is 61.9 cm³/mol. The first-order valence-corrected chi connectivity index (χ1v) is 5.82. The summed E-state index contributed by atoms with van der Waals surface area (Å²) >= 11 is 0. The Morgan fingerprint density at radius 3 is 2.73 bits per heavy atom. The van der Waals surface area contributed by atoms with Crippen LogP contribution in [0.3, 0.4) is 0 Å². The van der Waals surface area contributed by atoms with Gasteiger partial charge in [0.25, 0.3) is 0 Å². The minimum atomic E-state index is 0.0984. The molecule has 1 aliphatic rings. The number of benzene rings is 1. The highest BCUT2D eigenvalue weighted by Gasteiger charge is 2.21. The second kappa shape index (κ2) is 4.67. The highest BCUT2D eigenvalue weighted by molar-refractivity contribution is 5.35. The topological polar surface area (TPSA) is 35.2 Å². The number of ether oxygens (including phenoxy) is 1. The number of hydrogen-bond acceptors (Lipinski definition) is 2. The lowest BCUT2D eigenvalue weighted by atomic mass is 9.96. The van der Waals surface area contributed by atoms with E-state index >= 15 is 0 Å². The van der Waals surface area contributed by atoms with E-state index in [9.17, 15) is 0 Å². The molecule has 0 heterocycles. The Labute approximate surface area is 91.4 Å². The summed E-state index contributed by atoms with van der Waals surface area (Å²) in [7, 11) is 0. The quantitative estimate of drug-likeness (QED) is 0.820. The third-order valence-corrected chi connectivity index (χ3v) is 3.10. The second-order valence-electron chi connectivity index (χ2n) is 4.22. The fraction of sp³-hybridized carbons (Fsp3) is 0.538. The van der Waals surface area contributed by atoms with Crippen molar-refractivity contribution in [1.29, 1.82) is 0 Å². The molecule has 1 aromatic carbocycles. The van der Waals surface area contributed by atoms with Crippen LogP contribution in [0.15, 0.2) is 24.3 Å². The summed E-state index contributed by atoms with van der Waals surface area (Å²) in [5.74, 6) is 0.983. The van der Waals surface area contributed by atoms with Gasteiger partial charge >= 0.3 is 0 Å². The average Bonchev–Trinajstić information content (AvgIpc) is 2.23. The first kappa shape index (κ1) is 10.5. The highest BCUT2D eigenvalue weighted by atomic mass is 16.5. The number of rotatable bonds is 4. The Morgan fingerprint density at radius 1 is 1.40 bits per heavy atom. The molecule has 2 nitrogen and oxygen atoms in total. The van der Waals surface area contributed by atoms with E-state index in [0.717, 1.165) is 17.7 Å². The van der Waals surface area contributed by atoms with Gasteiger partial charge < -0.3 is 10.5 Å². The standard InChI is InChI=1S/C13H19NO/c1-2-12(14)11-8-3-4-9-13(11)15-10-6-5-7-10/h3-4,8-10,12H,2,5-7,14H2,1H3/t12-/m0/s1. The molecule has 1 aliphatic carbocycles. The maximum atomic E-state index is 6.05. The lowest BCUT2D eigenvalue weighted by Gasteiger charge is -2.28. The van der Waals surface area contributed by atoms with Gasteiger partial charge in [-0.2, -0.15) is 0 Å². The summed E-state index contributed by atoms with van der Waals surface area (Å²) in [5.41, 5.74) is 7.20. The molecule has 0 aliphatic heterocycles. The van der Waals surface area contributed by atoms with Gasteiger partial charge in [-0.3, -0.25) is 0 Å². The molecule has 0 spiro atoms. The Kier molecular flexibility index (Phi) is 3.27. The van der Waals surface area contributed by atoms with Gasteiger partial charge in [0.1, 0.15) is 5.75 Å². The maximum Gasteiger partial charge on any atom is 0.124 e. The van der Waals surface area contributed by atoms with Crippen LogP contribution in [0.5, 0.6) is 5.75 Å². The number of nitrogens with two attached hydrogens (primary N) is 1. The van der Waals surface area contributed by atoms with Gasteiger partial charge in [0, 0.05) is 11.6 Å². The molecule has 15 heavy (non-hydrogen) atoms. The number of hydrogen-bond donors (Lipinski definition) is 1. The molecular weight excluding hydrogens is 186 g/mol. The molecule has 0 aromatic heterocycles. The van der Waals surface area contributed by atoms with Gasteiger partial charge in [-0.25, -0.2) is 0 Å². The van der Waals surface area contributed by atoms with Crippen LogP contribution in [0.2, 0.25) is 0 Å². The Bertz CT molecular complexity index is 320. The molecule has 0 amide bonds. The summed E-state index contributed by atoms with van der Waals surface area (Å²) < 4.78 is 5.92. The van der Waals surface area contributed by atoms with Crippen LogP contribution in [-0.4, -0.2) is 6.10 Å². The molecular formula is C13H19NO. The van der Waals surface area contributed by atoms with Crippen molar-refractivity contribution >= 4 is 0 Å². The van der Waals surface area contributed by atoms with Crippen molar-refractivity contribution in [1.82, 2.24) is 0 Å². The van der Waals surface area contributed by atoms with Crippen molar-refractivity contribution in [3.8, 4) is 5.75 Å². The smallest absolute Gasteiger partial charge is 0.124 e. The molecule has 0 saturated heterocycles. The molecule has 0 radical (unpaired) electrons. The Balaban J connectivity index is 2.13. The van der Waals surface area contributed by atoms with E-state index in [-0.39, 0.29) is 6.04 Å². The largest absolute Gasteiger partial charge is 0.490 e. The molecule has 0 bridgehead atoms. The van der Waals surface area contributed by atoms with E-state index in [4.69, 9.17) is 10.5 Å². The second-order valence-corrected chi connectivity index (χ2v) is 4.22. The van der Waals surface area contributed by atoms with Crippen LogP contribution in [0.25, 0.3) is 0 Å². The Morgan fingerprint density at radius 2 is 2.13 bits per heavy atom.